The molecule has 0 heterocycles. The van der Waals surface area contributed by atoms with Crippen LogP contribution in [0.25, 0.3) is 0 Å². The zero-order valence-corrected chi connectivity index (χ0v) is 12.3. The Morgan fingerprint density at radius 3 is 2.05 bits per heavy atom. The molecule has 0 bridgehead atoms. The lowest BCUT2D eigenvalue weighted by atomic mass is 10.0. The van der Waals surface area contributed by atoms with E-state index in [-0.39, 0.29) is 0 Å². The van der Waals surface area contributed by atoms with Crippen LogP contribution in [0.3, 0.4) is 0 Å². The molecular formula is C18H23N. The molecule has 0 aliphatic carbocycles. The van der Waals surface area contributed by atoms with Gasteiger partial charge < -0.3 is 5.32 Å². The number of benzene rings is 2. The summed E-state index contributed by atoms with van der Waals surface area (Å²) in [6.45, 7) is 8.74. The molecule has 2 aromatic carbocycles. The van der Waals surface area contributed by atoms with Crippen molar-refractivity contribution in [3.05, 3.63) is 70.8 Å². The molecule has 0 spiro atoms. The minimum absolute atomic E-state index is 0.357. The Labute approximate surface area is 116 Å². The molecule has 19 heavy (non-hydrogen) atoms. The number of hydrogen-bond donors (Lipinski definition) is 1. The smallest absolute Gasteiger partial charge is 0.0300 e. The van der Waals surface area contributed by atoms with E-state index in [1.807, 2.05) is 0 Å². The summed E-state index contributed by atoms with van der Waals surface area (Å²) in [6, 6.07) is 18.0. The van der Waals surface area contributed by atoms with Crippen LogP contribution in [0, 0.1) is 13.8 Å². The molecule has 0 saturated heterocycles. The highest BCUT2D eigenvalue weighted by Crippen LogP contribution is 2.21. The maximum absolute atomic E-state index is 3.67. The second-order valence-electron chi connectivity index (χ2n) is 5.38. The van der Waals surface area contributed by atoms with Gasteiger partial charge in [0.2, 0.25) is 0 Å². The lowest BCUT2D eigenvalue weighted by Gasteiger charge is -2.22. The highest BCUT2D eigenvalue weighted by Gasteiger charge is 2.12. The van der Waals surface area contributed by atoms with E-state index in [4.69, 9.17) is 0 Å². The van der Waals surface area contributed by atoms with E-state index in [0.29, 0.717) is 12.1 Å². The Balaban J connectivity index is 2.08. The first-order chi connectivity index (χ1) is 9.08. The van der Waals surface area contributed by atoms with Crippen molar-refractivity contribution in [1.29, 1.82) is 0 Å². The van der Waals surface area contributed by atoms with Crippen molar-refractivity contribution in [2.24, 2.45) is 0 Å². The van der Waals surface area contributed by atoms with Gasteiger partial charge in [-0.25, -0.2) is 0 Å². The standard InChI is InChI=1S/C18H23N/c1-13-9-11-17(12-10-13)15(3)19-16(4)18-8-6-5-7-14(18)2/h5-12,15-16,19H,1-4H3/t15?,16-/m1/s1. The first kappa shape index (κ1) is 13.8. The first-order valence-corrected chi connectivity index (χ1v) is 6.96. The van der Waals surface area contributed by atoms with E-state index in [0.717, 1.165) is 0 Å². The SMILES string of the molecule is Cc1ccc(C(C)N[C@H](C)c2ccccc2C)cc1. The van der Waals surface area contributed by atoms with E-state index in [1.165, 1.54) is 22.3 Å². The van der Waals surface area contributed by atoms with Crippen molar-refractivity contribution in [3.8, 4) is 0 Å². The fourth-order valence-corrected chi connectivity index (χ4v) is 2.49. The van der Waals surface area contributed by atoms with Gasteiger partial charge in [0.15, 0.2) is 0 Å². The lowest BCUT2D eigenvalue weighted by Crippen LogP contribution is -2.23. The summed E-state index contributed by atoms with van der Waals surface area (Å²) in [5, 5.41) is 3.67. The van der Waals surface area contributed by atoms with Gasteiger partial charge in [0, 0.05) is 12.1 Å². The molecule has 1 heteroatoms. The minimum atomic E-state index is 0.357. The number of rotatable bonds is 4. The zero-order valence-electron chi connectivity index (χ0n) is 12.3. The second kappa shape index (κ2) is 6.03. The predicted molar refractivity (Wildman–Crippen MR) is 82.3 cm³/mol. The van der Waals surface area contributed by atoms with Crippen molar-refractivity contribution in [2.45, 2.75) is 39.8 Å². The fourth-order valence-electron chi connectivity index (χ4n) is 2.49. The van der Waals surface area contributed by atoms with Crippen LogP contribution in [0.4, 0.5) is 0 Å². The molecule has 2 atom stereocenters. The van der Waals surface area contributed by atoms with E-state index in [2.05, 4.69) is 81.5 Å². The van der Waals surface area contributed by atoms with Gasteiger partial charge in [-0.05, 0) is 44.4 Å². The Morgan fingerprint density at radius 2 is 1.42 bits per heavy atom. The topological polar surface area (TPSA) is 12.0 Å². The summed E-state index contributed by atoms with van der Waals surface area (Å²) in [4.78, 5) is 0. The average Bonchev–Trinajstić information content (AvgIpc) is 2.39. The molecule has 2 rings (SSSR count). The van der Waals surface area contributed by atoms with Crippen molar-refractivity contribution >= 4 is 0 Å². The number of hydrogen-bond acceptors (Lipinski definition) is 1. The van der Waals surface area contributed by atoms with Gasteiger partial charge in [0.1, 0.15) is 0 Å². The Bertz CT molecular complexity index is 528. The molecule has 1 unspecified atom stereocenters. The van der Waals surface area contributed by atoms with Crippen LogP contribution in [-0.4, -0.2) is 0 Å². The molecular weight excluding hydrogens is 230 g/mol. The summed E-state index contributed by atoms with van der Waals surface area (Å²) < 4.78 is 0. The lowest BCUT2D eigenvalue weighted by molar-refractivity contribution is 0.493. The van der Waals surface area contributed by atoms with E-state index in [1.54, 1.807) is 0 Å². The Morgan fingerprint density at radius 1 is 0.789 bits per heavy atom. The maximum atomic E-state index is 3.67. The van der Waals surface area contributed by atoms with E-state index < -0.39 is 0 Å². The minimum Gasteiger partial charge on any atom is -0.304 e. The summed E-state index contributed by atoms with van der Waals surface area (Å²) in [5.74, 6) is 0. The van der Waals surface area contributed by atoms with Gasteiger partial charge in [-0.2, -0.15) is 0 Å². The normalized spacial score (nSPS) is 14.1. The summed E-state index contributed by atoms with van der Waals surface area (Å²) in [7, 11) is 0. The first-order valence-electron chi connectivity index (χ1n) is 6.96. The van der Waals surface area contributed by atoms with Crippen LogP contribution in [0.2, 0.25) is 0 Å². The fraction of sp³-hybridized carbons (Fsp3) is 0.333. The quantitative estimate of drug-likeness (QED) is 0.831. The van der Waals surface area contributed by atoms with Crippen LogP contribution in [-0.2, 0) is 0 Å². The monoisotopic (exact) mass is 253 g/mol. The molecule has 0 aliphatic heterocycles. The van der Waals surface area contributed by atoms with Crippen molar-refractivity contribution in [1.82, 2.24) is 5.32 Å². The number of aryl methyl sites for hydroxylation is 2. The second-order valence-corrected chi connectivity index (χ2v) is 5.38. The largest absolute Gasteiger partial charge is 0.304 e. The van der Waals surface area contributed by atoms with Gasteiger partial charge in [-0.1, -0.05) is 54.1 Å². The third-order valence-electron chi connectivity index (χ3n) is 3.73. The van der Waals surface area contributed by atoms with Crippen molar-refractivity contribution in [3.63, 3.8) is 0 Å². The van der Waals surface area contributed by atoms with Crippen LogP contribution >= 0.6 is 0 Å². The van der Waals surface area contributed by atoms with E-state index in [9.17, 15) is 0 Å². The zero-order chi connectivity index (χ0) is 13.8. The predicted octanol–water partition coefficient (Wildman–Crippen LogP) is 4.72. The van der Waals surface area contributed by atoms with Crippen LogP contribution in [0.15, 0.2) is 48.5 Å². The van der Waals surface area contributed by atoms with Crippen molar-refractivity contribution in [2.75, 3.05) is 0 Å². The summed E-state index contributed by atoms with van der Waals surface area (Å²) in [5.41, 5.74) is 5.37. The van der Waals surface area contributed by atoms with E-state index >= 15 is 0 Å². The molecule has 0 fully saturated rings. The average molecular weight is 253 g/mol. The third-order valence-corrected chi connectivity index (χ3v) is 3.73. The van der Waals surface area contributed by atoms with Gasteiger partial charge >= 0.3 is 0 Å². The molecule has 1 nitrogen and oxygen atoms in total. The maximum Gasteiger partial charge on any atom is 0.0300 e. The molecule has 0 aromatic heterocycles. The summed E-state index contributed by atoms with van der Waals surface area (Å²) >= 11 is 0. The van der Waals surface area contributed by atoms with Crippen LogP contribution < -0.4 is 5.32 Å². The van der Waals surface area contributed by atoms with Crippen molar-refractivity contribution < 1.29 is 0 Å². The molecule has 100 valence electrons. The molecule has 2 aromatic rings. The molecule has 0 saturated carbocycles. The van der Waals surface area contributed by atoms with Crippen LogP contribution in [0.1, 0.15) is 48.2 Å². The van der Waals surface area contributed by atoms with Crippen LogP contribution in [0.5, 0.6) is 0 Å². The Hall–Kier alpha value is -1.60. The highest BCUT2D eigenvalue weighted by molar-refractivity contribution is 5.29. The third kappa shape index (κ3) is 3.45. The molecule has 1 N–H and O–H groups in total. The van der Waals surface area contributed by atoms with Gasteiger partial charge in [-0.3, -0.25) is 0 Å². The Kier molecular flexibility index (Phi) is 4.39. The number of nitrogens with one attached hydrogen (secondary N) is 1. The molecule has 0 radical (unpaired) electrons. The molecule has 0 aliphatic rings. The van der Waals surface area contributed by atoms with Gasteiger partial charge in [-0.15, -0.1) is 0 Å². The molecule has 0 amide bonds. The van der Waals surface area contributed by atoms with Gasteiger partial charge in [0.25, 0.3) is 0 Å². The van der Waals surface area contributed by atoms with Gasteiger partial charge in [0.05, 0.1) is 0 Å². The summed E-state index contributed by atoms with van der Waals surface area (Å²) in [6.07, 6.45) is 0. The highest BCUT2D eigenvalue weighted by atomic mass is 14.9.